The van der Waals surface area contributed by atoms with Crippen LogP contribution in [0.4, 0.5) is 4.39 Å². The minimum atomic E-state index is -2.02. The Labute approximate surface area is 73.7 Å². The quantitative estimate of drug-likeness (QED) is 0.614. The Morgan fingerprint density at radius 1 is 1.25 bits per heavy atom. The molecule has 0 aromatic heterocycles. The fourth-order valence-electron chi connectivity index (χ4n) is 1.01. The highest BCUT2D eigenvalue weighted by Gasteiger charge is 2.27. The van der Waals surface area contributed by atoms with Gasteiger partial charge in [0.1, 0.15) is 8.07 Å². The van der Waals surface area contributed by atoms with Crippen molar-refractivity contribution in [3.63, 3.8) is 0 Å². The van der Waals surface area contributed by atoms with Gasteiger partial charge < -0.3 is 0 Å². The predicted molar refractivity (Wildman–Crippen MR) is 53.8 cm³/mol. The van der Waals surface area contributed by atoms with Gasteiger partial charge >= 0.3 is 0 Å². The molecular formula is C10H13FSi. The van der Waals surface area contributed by atoms with E-state index in [9.17, 15) is 4.39 Å². The normalized spacial score (nSPS) is 11.2. The molecule has 0 atom stereocenters. The lowest BCUT2D eigenvalue weighted by molar-refractivity contribution is 0.688. The predicted octanol–water partition coefficient (Wildman–Crippen LogP) is 2.62. The summed E-state index contributed by atoms with van der Waals surface area (Å²) in [7, 11) is -2.02. The van der Waals surface area contributed by atoms with Gasteiger partial charge in [0, 0.05) is 0 Å². The summed E-state index contributed by atoms with van der Waals surface area (Å²) < 4.78 is 13.0. The molecule has 64 valence electrons. The molecule has 0 aliphatic rings. The van der Waals surface area contributed by atoms with Crippen LogP contribution in [0.15, 0.2) is 42.4 Å². The molecule has 0 saturated carbocycles. The second kappa shape index (κ2) is 3.23. The van der Waals surface area contributed by atoms with E-state index in [4.69, 9.17) is 0 Å². The van der Waals surface area contributed by atoms with E-state index in [-0.39, 0.29) is 5.45 Å². The maximum atomic E-state index is 13.0. The molecule has 2 heteroatoms. The Hall–Kier alpha value is -0.893. The fourth-order valence-corrected chi connectivity index (χ4v) is 2.35. The third kappa shape index (κ3) is 1.64. The zero-order valence-electron chi connectivity index (χ0n) is 7.47. The zero-order chi connectivity index (χ0) is 9.19. The highest BCUT2D eigenvalue weighted by Crippen LogP contribution is 2.13. The number of hydrogen-bond acceptors (Lipinski definition) is 0. The molecule has 0 nitrogen and oxygen atoms in total. The van der Waals surface area contributed by atoms with E-state index >= 15 is 0 Å². The van der Waals surface area contributed by atoms with E-state index in [2.05, 4.69) is 6.58 Å². The van der Waals surface area contributed by atoms with E-state index in [0.717, 1.165) is 5.19 Å². The molecule has 0 N–H and O–H groups in total. The zero-order valence-corrected chi connectivity index (χ0v) is 8.47. The van der Waals surface area contributed by atoms with Crippen molar-refractivity contribution in [2.45, 2.75) is 13.1 Å². The largest absolute Gasteiger partial charge is 0.218 e. The van der Waals surface area contributed by atoms with Gasteiger partial charge in [-0.25, -0.2) is 4.39 Å². The van der Waals surface area contributed by atoms with Crippen LogP contribution in [0, 0.1) is 0 Å². The lowest BCUT2D eigenvalue weighted by Crippen LogP contribution is -2.42. The van der Waals surface area contributed by atoms with Gasteiger partial charge in [-0.15, -0.1) is 0 Å². The molecule has 0 saturated heterocycles. The Balaban J connectivity index is 3.06. The van der Waals surface area contributed by atoms with Gasteiger partial charge in [0.25, 0.3) is 0 Å². The van der Waals surface area contributed by atoms with Gasteiger partial charge in [0.2, 0.25) is 0 Å². The lowest BCUT2D eigenvalue weighted by Gasteiger charge is -2.19. The van der Waals surface area contributed by atoms with Crippen molar-refractivity contribution >= 4 is 13.3 Å². The SMILES string of the molecule is C=C(F)[Si](C)(C)c1ccccc1. The van der Waals surface area contributed by atoms with Crippen molar-refractivity contribution in [3.05, 3.63) is 42.4 Å². The molecule has 0 spiro atoms. The van der Waals surface area contributed by atoms with Crippen LogP contribution in [-0.2, 0) is 0 Å². The smallest absolute Gasteiger partial charge is 0.147 e. The van der Waals surface area contributed by atoms with Crippen LogP contribution in [-0.4, -0.2) is 8.07 Å². The van der Waals surface area contributed by atoms with Crippen molar-refractivity contribution in [2.75, 3.05) is 0 Å². The molecule has 1 aromatic rings. The van der Waals surface area contributed by atoms with Crippen LogP contribution in [0.1, 0.15) is 0 Å². The number of halogens is 1. The highest BCUT2D eigenvalue weighted by atomic mass is 28.3. The first-order valence-corrected chi connectivity index (χ1v) is 6.95. The van der Waals surface area contributed by atoms with Crippen molar-refractivity contribution < 1.29 is 4.39 Å². The minimum Gasteiger partial charge on any atom is -0.218 e. The summed E-state index contributed by atoms with van der Waals surface area (Å²) in [5.74, 6) is 0. The van der Waals surface area contributed by atoms with Crippen LogP contribution in [0.5, 0.6) is 0 Å². The summed E-state index contributed by atoms with van der Waals surface area (Å²) in [5.41, 5.74) is -0.159. The number of benzene rings is 1. The van der Waals surface area contributed by atoms with E-state index in [1.54, 1.807) is 0 Å². The van der Waals surface area contributed by atoms with Crippen LogP contribution in [0.25, 0.3) is 0 Å². The topological polar surface area (TPSA) is 0 Å². The standard InChI is InChI=1S/C10H13FSi/c1-9(11)12(2,3)10-7-5-4-6-8-10/h4-8H,1H2,2-3H3. The van der Waals surface area contributed by atoms with E-state index < -0.39 is 8.07 Å². The van der Waals surface area contributed by atoms with Gasteiger partial charge in [0.15, 0.2) is 0 Å². The van der Waals surface area contributed by atoms with Crippen molar-refractivity contribution in [1.29, 1.82) is 0 Å². The summed E-state index contributed by atoms with van der Waals surface area (Å²) in [6.45, 7) is 7.32. The molecule has 0 fully saturated rings. The molecule has 0 radical (unpaired) electrons. The third-order valence-corrected chi connectivity index (χ3v) is 5.31. The molecule has 0 aliphatic heterocycles. The molecule has 0 unspecified atom stereocenters. The average Bonchev–Trinajstić information content (AvgIpc) is 2.06. The van der Waals surface area contributed by atoms with Crippen molar-refractivity contribution in [3.8, 4) is 0 Å². The first-order valence-electron chi connectivity index (χ1n) is 3.95. The maximum Gasteiger partial charge on any atom is 0.147 e. The first kappa shape index (κ1) is 9.20. The van der Waals surface area contributed by atoms with Gasteiger partial charge in [-0.3, -0.25) is 0 Å². The summed E-state index contributed by atoms with van der Waals surface area (Å²) in [6.07, 6.45) is 0. The molecule has 0 heterocycles. The van der Waals surface area contributed by atoms with Crippen LogP contribution < -0.4 is 5.19 Å². The van der Waals surface area contributed by atoms with E-state index in [1.165, 1.54) is 0 Å². The van der Waals surface area contributed by atoms with E-state index in [0.29, 0.717) is 0 Å². The van der Waals surface area contributed by atoms with Crippen LogP contribution in [0.2, 0.25) is 13.1 Å². The van der Waals surface area contributed by atoms with Gasteiger partial charge in [-0.1, -0.05) is 55.2 Å². The Morgan fingerprint density at radius 3 is 2.17 bits per heavy atom. The molecule has 0 bridgehead atoms. The van der Waals surface area contributed by atoms with Gasteiger partial charge in [-0.2, -0.15) is 0 Å². The van der Waals surface area contributed by atoms with Crippen LogP contribution >= 0.6 is 0 Å². The van der Waals surface area contributed by atoms with E-state index in [1.807, 2.05) is 43.4 Å². The van der Waals surface area contributed by atoms with Crippen LogP contribution in [0.3, 0.4) is 0 Å². The fraction of sp³-hybridized carbons (Fsp3) is 0.200. The molecule has 1 aromatic carbocycles. The number of rotatable bonds is 2. The first-order chi connectivity index (χ1) is 5.55. The van der Waals surface area contributed by atoms with Crippen molar-refractivity contribution in [2.24, 2.45) is 0 Å². The second-order valence-electron chi connectivity index (χ2n) is 3.40. The third-order valence-electron chi connectivity index (χ3n) is 2.17. The Bertz CT molecular complexity index is 277. The van der Waals surface area contributed by atoms with Crippen molar-refractivity contribution in [1.82, 2.24) is 0 Å². The molecule has 0 amide bonds. The average molecular weight is 180 g/mol. The highest BCUT2D eigenvalue weighted by molar-refractivity contribution is 6.95. The summed E-state index contributed by atoms with van der Waals surface area (Å²) in [6, 6.07) is 9.75. The maximum absolute atomic E-state index is 13.0. The molecule has 1 rings (SSSR count). The summed E-state index contributed by atoms with van der Waals surface area (Å²) >= 11 is 0. The summed E-state index contributed by atoms with van der Waals surface area (Å²) in [5, 5.41) is 1.09. The summed E-state index contributed by atoms with van der Waals surface area (Å²) in [4.78, 5) is 0. The second-order valence-corrected chi connectivity index (χ2v) is 7.77. The molecule has 12 heavy (non-hydrogen) atoms. The molecular weight excluding hydrogens is 167 g/mol. The Kier molecular flexibility index (Phi) is 2.48. The minimum absolute atomic E-state index is 0.159. The molecule has 0 aliphatic carbocycles. The Morgan fingerprint density at radius 2 is 1.75 bits per heavy atom. The number of hydrogen-bond donors (Lipinski definition) is 0. The monoisotopic (exact) mass is 180 g/mol. The van der Waals surface area contributed by atoms with Gasteiger partial charge in [-0.05, 0) is 0 Å². The van der Waals surface area contributed by atoms with Gasteiger partial charge in [0.05, 0.1) is 5.45 Å². The lowest BCUT2D eigenvalue weighted by atomic mass is 10.4.